The van der Waals surface area contributed by atoms with Gasteiger partial charge in [0.2, 0.25) is 0 Å². The Hall–Kier alpha value is -2.60. The van der Waals surface area contributed by atoms with Gasteiger partial charge in [0.05, 0.1) is 11.0 Å². The van der Waals surface area contributed by atoms with Crippen molar-refractivity contribution in [3.63, 3.8) is 0 Å². The third-order valence-corrected chi connectivity index (χ3v) is 7.63. The van der Waals surface area contributed by atoms with Gasteiger partial charge in [0.25, 0.3) is 5.91 Å². The van der Waals surface area contributed by atoms with Crippen LogP contribution in [0, 0.1) is 11.8 Å². The molecule has 37 heavy (non-hydrogen) atoms. The Morgan fingerprint density at radius 2 is 1.68 bits per heavy atom. The second-order valence-corrected chi connectivity index (χ2v) is 11.8. The van der Waals surface area contributed by atoms with Gasteiger partial charge in [-0.05, 0) is 87.8 Å². The molecule has 3 heterocycles. The fourth-order valence-electron chi connectivity index (χ4n) is 5.30. The Morgan fingerprint density at radius 1 is 0.973 bits per heavy atom. The minimum atomic E-state index is 0.144. The first-order chi connectivity index (χ1) is 17.8. The summed E-state index contributed by atoms with van der Waals surface area (Å²) in [6, 6.07) is 8.24. The second kappa shape index (κ2) is 12.8. The van der Waals surface area contributed by atoms with Crippen LogP contribution in [0.5, 0.6) is 0 Å². The van der Waals surface area contributed by atoms with E-state index in [2.05, 4.69) is 71.2 Å². The molecular weight excluding hydrogens is 458 g/mol. The van der Waals surface area contributed by atoms with Crippen molar-refractivity contribution >= 4 is 16.9 Å². The van der Waals surface area contributed by atoms with Crippen molar-refractivity contribution in [3.8, 4) is 11.4 Å². The molecule has 0 spiro atoms. The standard InChI is InChI=1S/C31H47N5O/c1-24(2)12-20-35(21-13-25(3)4)31(37)26-10-11-28-29(22-26)36(18-9-17-34-15-7-6-8-16-34)30(32-28)27-14-19-33(5)23-27/h10-11,14,19,22-25H,6-9,12-13,15-18,20-21H2,1-5H3. The molecule has 0 radical (unpaired) electrons. The topological polar surface area (TPSA) is 46.3 Å². The number of fused-ring (bicyclic) bond motifs is 1. The lowest BCUT2D eigenvalue weighted by atomic mass is 10.1. The van der Waals surface area contributed by atoms with E-state index in [0.717, 1.165) is 73.4 Å². The lowest BCUT2D eigenvalue weighted by molar-refractivity contribution is 0.0741. The highest BCUT2D eigenvalue weighted by Crippen LogP contribution is 2.27. The van der Waals surface area contributed by atoms with Gasteiger partial charge in [-0.25, -0.2) is 4.98 Å². The van der Waals surface area contributed by atoms with Crippen molar-refractivity contribution in [1.29, 1.82) is 0 Å². The largest absolute Gasteiger partial charge is 0.357 e. The van der Waals surface area contributed by atoms with Gasteiger partial charge in [-0.15, -0.1) is 0 Å². The van der Waals surface area contributed by atoms with Crippen LogP contribution in [0.25, 0.3) is 22.4 Å². The molecule has 1 fully saturated rings. The normalized spacial score (nSPS) is 14.8. The van der Waals surface area contributed by atoms with Gasteiger partial charge in [0.15, 0.2) is 0 Å². The minimum absolute atomic E-state index is 0.144. The lowest BCUT2D eigenvalue weighted by Gasteiger charge is -2.26. The summed E-state index contributed by atoms with van der Waals surface area (Å²) < 4.78 is 4.42. The van der Waals surface area contributed by atoms with Crippen LogP contribution in [0.2, 0.25) is 0 Å². The Balaban J connectivity index is 1.62. The molecule has 3 aromatic rings. The highest BCUT2D eigenvalue weighted by molar-refractivity contribution is 5.98. The van der Waals surface area contributed by atoms with Gasteiger partial charge in [-0.2, -0.15) is 0 Å². The number of carbonyl (C=O) groups excluding carboxylic acids is 1. The molecule has 1 saturated heterocycles. The summed E-state index contributed by atoms with van der Waals surface area (Å²) in [4.78, 5) is 23.4. The molecular formula is C31H47N5O. The fraction of sp³-hybridized carbons (Fsp3) is 0.613. The SMILES string of the molecule is CC(C)CCN(CCC(C)C)C(=O)c1ccc2nc(-c3ccn(C)c3)n(CCCN3CCCCC3)c2c1. The van der Waals surface area contributed by atoms with Crippen LogP contribution in [-0.4, -0.2) is 62.5 Å². The summed E-state index contributed by atoms with van der Waals surface area (Å²) in [7, 11) is 2.05. The molecule has 0 aliphatic carbocycles. The number of benzene rings is 1. The molecule has 1 aliphatic heterocycles. The average Bonchev–Trinajstić information content (AvgIpc) is 3.47. The number of likely N-dealkylation sites (tertiary alicyclic amines) is 1. The van der Waals surface area contributed by atoms with Crippen LogP contribution in [0.3, 0.4) is 0 Å². The fourth-order valence-corrected chi connectivity index (χ4v) is 5.30. The van der Waals surface area contributed by atoms with E-state index in [9.17, 15) is 4.79 Å². The molecule has 0 bridgehead atoms. The number of imidazole rings is 1. The van der Waals surface area contributed by atoms with Crippen LogP contribution in [-0.2, 0) is 13.6 Å². The van der Waals surface area contributed by atoms with Crippen molar-refractivity contribution in [2.75, 3.05) is 32.7 Å². The van der Waals surface area contributed by atoms with Gasteiger partial charge in [0.1, 0.15) is 5.82 Å². The number of nitrogens with zero attached hydrogens (tertiary/aromatic N) is 5. The van der Waals surface area contributed by atoms with E-state index in [1.807, 2.05) is 19.2 Å². The molecule has 6 heteroatoms. The summed E-state index contributed by atoms with van der Waals surface area (Å²) in [5, 5.41) is 0. The third kappa shape index (κ3) is 7.25. The number of aryl methyl sites for hydroxylation is 2. The van der Waals surface area contributed by atoms with Crippen molar-refractivity contribution in [1.82, 2.24) is 23.9 Å². The van der Waals surface area contributed by atoms with Crippen LogP contribution in [0.1, 0.15) is 76.6 Å². The summed E-state index contributed by atoms with van der Waals surface area (Å²) in [6.45, 7) is 15.0. The Bertz CT molecular complexity index is 1140. The zero-order chi connectivity index (χ0) is 26.4. The first-order valence-corrected chi connectivity index (χ1v) is 14.5. The van der Waals surface area contributed by atoms with E-state index in [-0.39, 0.29) is 5.91 Å². The average molecular weight is 506 g/mol. The molecule has 0 unspecified atom stereocenters. The number of hydrogen-bond donors (Lipinski definition) is 0. The maximum atomic E-state index is 13.7. The summed E-state index contributed by atoms with van der Waals surface area (Å²) in [6.07, 6.45) is 11.3. The van der Waals surface area contributed by atoms with Gasteiger partial charge < -0.3 is 18.9 Å². The predicted octanol–water partition coefficient (Wildman–Crippen LogP) is 6.45. The first kappa shape index (κ1) is 27.4. The number of aromatic nitrogens is 3. The first-order valence-electron chi connectivity index (χ1n) is 14.5. The quantitative estimate of drug-likeness (QED) is 0.284. The van der Waals surface area contributed by atoms with Crippen molar-refractivity contribution in [2.45, 2.75) is 72.8 Å². The number of rotatable bonds is 12. The molecule has 0 saturated carbocycles. The van der Waals surface area contributed by atoms with Crippen LogP contribution in [0.15, 0.2) is 36.7 Å². The zero-order valence-corrected chi connectivity index (χ0v) is 23.7. The van der Waals surface area contributed by atoms with Crippen molar-refractivity contribution < 1.29 is 4.79 Å². The maximum absolute atomic E-state index is 13.7. The van der Waals surface area contributed by atoms with E-state index >= 15 is 0 Å². The number of piperidine rings is 1. The molecule has 1 aliphatic rings. The minimum Gasteiger partial charge on any atom is -0.357 e. The third-order valence-electron chi connectivity index (χ3n) is 7.63. The maximum Gasteiger partial charge on any atom is 0.253 e. The Morgan fingerprint density at radius 3 is 2.30 bits per heavy atom. The molecule has 0 N–H and O–H groups in total. The summed E-state index contributed by atoms with van der Waals surface area (Å²) in [5.74, 6) is 2.29. The molecule has 0 atom stereocenters. The molecule has 1 aromatic carbocycles. The van der Waals surface area contributed by atoms with Crippen LogP contribution in [0.4, 0.5) is 0 Å². The van der Waals surface area contributed by atoms with E-state index in [1.165, 1.54) is 32.4 Å². The highest BCUT2D eigenvalue weighted by atomic mass is 16.2. The highest BCUT2D eigenvalue weighted by Gasteiger charge is 2.20. The van der Waals surface area contributed by atoms with E-state index < -0.39 is 0 Å². The van der Waals surface area contributed by atoms with Gasteiger partial charge in [-0.3, -0.25) is 4.79 Å². The second-order valence-electron chi connectivity index (χ2n) is 11.8. The van der Waals surface area contributed by atoms with E-state index in [4.69, 9.17) is 4.98 Å². The Labute approximate surface area is 223 Å². The molecule has 4 rings (SSSR count). The summed E-state index contributed by atoms with van der Waals surface area (Å²) >= 11 is 0. The molecule has 1 amide bonds. The van der Waals surface area contributed by atoms with Gasteiger partial charge in [-0.1, -0.05) is 34.1 Å². The smallest absolute Gasteiger partial charge is 0.253 e. The van der Waals surface area contributed by atoms with Crippen LogP contribution < -0.4 is 0 Å². The number of amides is 1. The van der Waals surface area contributed by atoms with E-state index in [1.54, 1.807) is 0 Å². The van der Waals surface area contributed by atoms with E-state index in [0.29, 0.717) is 11.8 Å². The lowest BCUT2D eigenvalue weighted by Crippen LogP contribution is -2.34. The number of hydrogen-bond acceptors (Lipinski definition) is 3. The Kier molecular flexibility index (Phi) is 9.47. The van der Waals surface area contributed by atoms with Crippen molar-refractivity contribution in [2.24, 2.45) is 18.9 Å². The molecule has 6 nitrogen and oxygen atoms in total. The van der Waals surface area contributed by atoms with Crippen LogP contribution >= 0.6 is 0 Å². The van der Waals surface area contributed by atoms with Gasteiger partial charge >= 0.3 is 0 Å². The predicted molar refractivity (Wildman–Crippen MR) is 154 cm³/mol. The monoisotopic (exact) mass is 505 g/mol. The molecule has 2 aromatic heterocycles. The van der Waals surface area contributed by atoms with Crippen molar-refractivity contribution in [3.05, 3.63) is 42.2 Å². The summed E-state index contributed by atoms with van der Waals surface area (Å²) in [5.41, 5.74) is 3.93. The molecule has 202 valence electrons. The van der Waals surface area contributed by atoms with Gasteiger partial charge in [0, 0.05) is 50.2 Å². The zero-order valence-electron chi connectivity index (χ0n) is 23.7. The number of carbonyl (C=O) groups is 1.